The average Bonchev–Trinajstić information content (AvgIpc) is 2.72. The molecule has 3 N–H and O–H groups in total. The third-order valence-electron chi connectivity index (χ3n) is 4.07. The smallest absolute Gasteiger partial charge is 0.274 e. The first-order valence-corrected chi connectivity index (χ1v) is 8.62. The first-order chi connectivity index (χ1) is 13.1. The number of benzene rings is 3. The number of carbonyl (C=O) groups excluding carboxylic acids is 2. The van der Waals surface area contributed by atoms with Crippen LogP contribution in [0.25, 0.3) is 11.1 Å². The summed E-state index contributed by atoms with van der Waals surface area (Å²) in [6, 6.07) is 21.2. The van der Waals surface area contributed by atoms with Crippen LogP contribution in [0.15, 0.2) is 72.8 Å². The average molecular weight is 381 g/mol. The fourth-order valence-electron chi connectivity index (χ4n) is 2.61. The Hall–Kier alpha value is -3.15. The second-order valence-corrected chi connectivity index (χ2v) is 6.34. The molecule has 27 heavy (non-hydrogen) atoms. The van der Waals surface area contributed by atoms with Gasteiger partial charge in [0.2, 0.25) is 0 Å². The zero-order valence-electron chi connectivity index (χ0n) is 14.3. The number of amides is 2. The molecule has 6 heteroatoms. The fourth-order valence-corrected chi connectivity index (χ4v) is 2.73. The molecular weight excluding hydrogens is 364 g/mol. The van der Waals surface area contributed by atoms with E-state index in [1.54, 1.807) is 60.1 Å². The van der Waals surface area contributed by atoms with Crippen LogP contribution in [-0.4, -0.2) is 17.0 Å². The molecule has 136 valence electrons. The molecule has 0 radical (unpaired) electrons. The van der Waals surface area contributed by atoms with E-state index >= 15 is 0 Å². The molecule has 0 atom stereocenters. The zero-order valence-corrected chi connectivity index (χ0v) is 15.0. The lowest BCUT2D eigenvalue weighted by molar-refractivity contribution is 0.0706. The monoisotopic (exact) mass is 380 g/mol. The van der Waals surface area contributed by atoms with Crippen molar-refractivity contribution in [2.75, 3.05) is 0 Å². The first kappa shape index (κ1) is 18.6. The highest BCUT2D eigenvalue weighted by Crippen LogP contribution is 2.21. The van der Waals surface area contributed by atoms with Crippen molar-refractivity contribution in [3.8, 4) is 11.1 Å². The Morgan fingerprint density at radius 1 is 0.815 bits per heavy atom. The van der Waals surface area contributed by atoms with Crippen molar-refractivity contribution < 1.29 is 14.8 Å². The van der Waals surface area contributed by atoms with Crippen LogP contribution in [0.5, 0.6) is 0 Å². The lowest BCUT2D eigenvalue weighted by Gasteiger charge is -2.08. The summed E-state index contributed by atoms with van der Waals surface area (Å²) in [6.07, 6.45) is 0. The molecule has 2 amide bonds. The van der Waals surface area contributed by atoms with Crippen LogP contribution < -0.4 is 10.8 Å². The van der Waals surface area contributed by atoms with Gasteiger partial charge in [-0.05, 0) is 53.1 Å². The molecule has 0 fully saturated rings. The summed E-state index contributed by atoms with van der Waals surface area (Å²) >= 11 is 5.86. The van der Waals surface area contributed by atoms with Gasteiger partial charge in [0.15, 0.2) is 0 Å². The number of hydrogen-bond donors (Lipinski definition) is 3. The molecule has 3 aromatic carbocycles. The summed E-state index contributed by atoms with van der Waals surface area (Å²) in [6.45, 7) is 0.408. The Balaban J connectivity index is 1.71. The van der Waals surface area contributed by atoms with Gasteiger partial charge in [0.05, 0.1) is 0 Å². The molecule has 3 aromatic rings. The molecule has 0 bridgehead atoms. The maximum absolute atomic E-state index is 12.4. The maximum atomic E-state index is 12.4. The number of carbonyl (C=O) groups is 2. The Morgan fingerprint density at radius 3 is 2.19 bits per heavy atom. The summed E-state index contributed by atoms with van der Waals surface area (Å²) in [4.78, 5) is 23.8. The van der Waals surface area contributed by atoms with Gasteiger partial charge in [0.25, 0.3) is 11.8 Å². The van der Waals surface area contributed by atoms with Gasteiger partial charge in [-0.15, -0.1) is 0 Å². The number of hydrogen-bond acceptors (Lipinski definition) is 3. The lowest BCUT2D eigenvalue weighted by Crippen LogP contribution is -2.22. The third-order valence-corrected chi connectivity index (χ3v) is 4.33. The van der Waals surface area contributed by atoms with Gasteiger partial charge in [-0.2, -0.15) is 0 Å². The van der Waals surface area contributed by atoms with Crippen LogP contribution in [0.3, 0.4) is 0 Å². The SMILES string of the molecule is O=C(NO)c1ccc(-c2cccc(C(=O)NCc3ccc(Cl)cc3)c2)cc1. The molecule has 0 saturated heterocycles. The topological polar surface area (TPSA) is 78.4 Å². The number of rotatable bonds is 5. The minimum atomic E-state index is -0.572. The summed E-state index contributed by atoms with van der Waals surface area (Å²) < 4.78 is 0. The number of hydroxylamine groups is 1. The minimum absolute atomic E-state index is 0.178. The lowest BCUT2D eigenvalue weighted by atomic mass is 10.0. The zero-order chi connectivity index (χ0) is 19.2. The van der Waals surface area contributed by atoms with Gasteiger partial charge in [0, 0.05) is 22.7 Å². The van der Waals surface area contributed by atoms with Crippen molar-refractivity contribution in [2.45, 2.75) is 6.54 Å². The van der Waals surface area contributed by atoms with E-state index in [-0.39, 0.29) is 5.91 Å². The Morgan fingerprint density at radius 2 is 1.52 bits per heavy atom. The highest BCUT2D eigenvalue weighted by molar-refractivity contribution is 6.30. The normalized spacial score (nSPS) is 10.3. The summed E-state index contributed by atoms with van der Waals surface area (Å²) in [7, 11) is 0. The van der Waals surface area contributed by atoms with E-state index in [0.717, 1.165) is 16.7 Å². The van der Waals surface area contributed by atoms with E-state index in [4.69, 9.17) is 16.8 Å². The van der Waals surface area contributed by atoms with E-state index in [1.807, 2.05) is 18.2 Å². The van der Waals surface area contributed by atoms with Crippen molar-refractivity contribution in [3.63, 3.8) is 0 Å². The van der Waals surface area contributed by atoms with E-state index in [1.165, 1.54) is 0 Å². The van der Waals surface area contributed by atoms with Crippen molar-refractivity contribution in [3.05, 3.63) is 94.5 Å². The molecule has 0 spiro atoms. The Labute approximate surface area is 161 Å². The second-order valence-electron chi connectivity index (χ2n) is 5.91. The van der Waals surface area contributed by atoms with Gasteiger partial charge in [-0.1, -0.05) is 48.0 Å². The van der Waals surface area contributed by atoms with E-state index in [0.29, 0.717) is 22.7 Å². The molecule has 5 nitrogen and oxygen atoms in total. The van der Waals surface area contributed by atoms with Crippen molar-refractivity contribution in [2.24, 2.45) is 0 Å². The minimum Gasteiger partial charge on any atom is -0.348 e. The van der Waals surface area contributed by atoms with Crippen LogP contribution >= 0.6 is 11.6 Å². The Bertz CT molecular complexity index is 954. The Kier molecular flexibility index (Phi) is 5.86. The molecule has 0 aliphatic heterocycles. The number of nitrogens with one attached hydrogen (secondary N) is 2. The van der Waals surface area contributed by atoms with Gasteiger partial charge in [-0.25, -0.2) is 5.48 Å². The van der Waals surface area contributed by atoms with Crippen molar-refractivity contribution in [1.82, 2.24) is 10.8 Å². The van der Waals surface area contributed by atoms with Crippen LogP contribution in [0.1, 0.15) is 26.3 Å². The van der Waals surface area contributed by atoms with Gasteiger partial charge < -0.3 is 5.32 Å². The molecule has 0 aromatic heterocycles. The molecule has 0 unspecified atom stereocenters. The van der Waals surface area contributed by atoms with E-state index < -0.39 is 5.91 Å². The van der Waals surface area contributed by atoms with Gasteiger partial charge in [0.1, 0.15) is 0 Å². The van der Waals surface area contributed by atoms with Crippen LogP contribution in [-0.2, 0) is 6.54 Å². The third kappa shape index (κ3) is 4.73. The maximum Gasteiger partial charge on any atom is 0.274 e. The molecular formula is C21H17ClN2O3. The van der Waals surface area contributed by atoms with Gasteiger partial charge >= 0.3 is 0 Å². The molecule has 0 aliphatic carbocycles. The largest absolute Gasteiger partial charge is 0.348 e. The standard InChI is InChI=1S/C21H17ClN2O3/c22-19-10-4-14(5-11-19)13-23-20(25)18-3-1-2-17(12-18)15-6-8-16(9-7-15)21(26)24-27/h1-12,27H,13H2,(H,23,25)(H,24,26). The molecule has 0 aliphatic rings. The second kappa shape index (κ2) is 8.49. The van der Waals surface area contributed by atoms with E-state index in [9.17, 15) is 9.59 Å². The quantitative estimate of drug-likeness (QED) is 0.461. The molecule has 0 saturated carbocycles. The predicted octanol–water partition coefficient (Wildman–Crippen LogP) is 4.06. The van der Waals surface area contributed by atoms with Crippen molar-refractivity contribution in [1.29, 1.82) is 0 Å². The van der Waals surface area contributed by atoms with Gasteiger partial charge in [-0.3, -0.25) is 14.8 Å². The molecule has 0 heterocycles. The van der Waals surface area contributed by atoms with Crippen molar-refractivity contribution >= 4 is 23.4 Å². The van der Waals surface area contributed by atoms with Crippen LogP contribution in [0, 0.1) is 0 Å². The van der Waals surface area contributed by atoms with E-state index in [2.05, 4.69) is 5.32 Å². The summed E-state index contributed by atoms with van der Waals surface area (Å²) in [5.41, 5.74) is 5.15. The first-order valence-electron chi connectivity index (χ1n) is 8.24. The summed E-state index contributed by atoms with van der Waals surface area (Å²) in [5, 5.41) is 12.2. The summed E-state index contributed by atoms with van der Waals surface area (Å²) in [5.74, 6) is -0.750. The van der Waals surface area contributed by atoms with Crippen LogP contribution in [0.4, 0.5) is 0 Å². The number of halogens is 1. The fraction of sp³-hybridized carbons (Fsp3) is 0.0476. The van der Waals surface area contributed by atoms with Crippen LogP contribution in [0.2, 0.25) is 5.02 Å². The highest BCUT2D eigenvalue weighted by atomic mass is 35.5. The molecule has 3 rings (SSSR count). The highest BCUT2D eigenvalue weighted by Gasteiger charge is 2.08. The predicted molar refractivity (Wildman–Crippen MR) is 104 cm³/mol.